The van der Waals surface area contributed by atoms with E-state index in [1.54, 1.807) is 20.8 Å². The predicted octanol–water partition coefficient (Wildman–Crippen LogP) is 1.01. The van der Waals surface area contributed by atoms with Crippen LogP contribution in [-0.4, -0.2) is 29.8 Å². The van der Waals surface area contributed by atoms with Crippen molar-refractivity contribution < 1.29 is 14.3 Å². The molecule has 0 rings (SSSR count). The first-order chi connectivity index (χ1) is 5.89. The molecule has 0 saturated heterocycles. The Morgan fingerprint density at radius 2 is 2.15 bits per heavy atom. The highest BCUT2D eigenvalue weighted by molar-refractivity contribution is 7.80. The van der Waals surface area contributed by atoms with Gasteiger partial charge >= 0.3 is 6.09 Å². The summed E-state index contributed by atoms with van der Waals surface area (Å²) in [5, 5.41) is 2.37. The van der Waals surface area contributed by atoms with Crippen molar-refractivity contribution in [3.63, 3.8) is 0 Å². The van der Waals surface area contributed by atoms with Crippen molar-refractivity contribution in [3.05, 3.63) is 0 Å². The Balaban J connectivity index is 3.93. The van der Waals surface area contributed by atoms with Crippen molar-refractivity contribution in [1.82, 2.24) is 5.32 Å². The number of thiol groups is 1. The van der Waals surface area contributed by atoms with E-state index < -0.39 is 17.7 Å². The molecule has 1 atom stereocenters. The third-order valence-electron chi connectivity index (χ3n) is 1.06. The molecule has 0 aromatic carbocycles. The van der Waals surface area contributed by atoms with Crippen LogP contribution in [0.4, 0.5) is 4.79 Å². The normalized spacial score (nSPS) is 13.2. The number of rotatable bonds is 3. The number of nitrogens with one attached hydrogen (secondary N) is 1. The number of hydrogen-bond acceptors (Lipinski definition) is 4. The van der Waals surface area contributed by atoms with Gasteiger partial charge in [0.05, 0.1) is 6.04 Å². The van der Waals surface area contributed by atoms with Gasteiger partial charge in [0, 0.05) is 5.75 Å². The Kier molecular flexibility index (Phi) is 4.83. The van der Waals surface area contributed by atoms with E-state index in [4.69, 9.17) is 4.74 Å². The zero-order chi connectivity index (χ0) is 10.5. The number of amides is 1. The van der Waals surface area contributed by atoms with Crippen LogP contribution in [0.15, 0.2) is 0 Å². The van der Waals surface area contributed by atoms with E-state index in [0.717, 1.165) is 0 Å². The molecule has 0 fully saturated rings. The van der Waals surface area contributed by atoms with Crippen molar-refractivity contribution in [2.24, 2.45) is 0 Å². The Morgan fingerprint density at radius 3 is 2.46 bits per heavy atom. The van der Waals surface area contributed by atoms with Gasteiger partial charge in [0.2, 0.25) is 0 Å². The SMILES string of the molecule is CC(C)(C)OC(=O)N[C@H](C=O)CS. The summed E-state index contributed by atoms with van der Waals surface area (Å²) in [6.07, 6.45) is 0.0235. The Labute approximate surface area is 83.4 Å². The molecule has 0 unspecified atom stereocenters. The molecule has 0 aliphatic heterocycles. The van der Waals surface area contributed by atoms with E-state index in [0.29, 0.717) is 6.29 Å². The van der Waals surface area contributed by atoms with Crippen LogP contribution in [0.25, 0.3) is 0 Å². The Hall–Kier alpha value is -0.710. The van der Waals surface area contributed by atoms with E-state index in [1.165, 1.54) is 0 Å². The molecule has 76 valence electrons. The van der Waals surface area contributed by atoms with E-state index in [-0.39, 0.29) is 5.75 Å². The molecule has 0 spiro atoms. The van der Waals surface area contributed by atoms with Gasteiger partial charge in [0.1, 0.15) is 11.9 Å². The zero-order valence-electron chi connectivity index (χ0n) is 8.03. The molecule has 0 aromatic rings. The fourth-order valence-corrected chi connectivity index (χ4v) is 0.759. The molecule has 0 aliphatic carbocycles. The van der Waals surface area contributed by atoms with Gasteiger partial charge in [0.15, 0.2) is 0 Å². The van der Waals surface area contributed by atoms with Gasteiger partial charge in [-0.05, 0) is 20.8 Å². The van der Waals surface area contributed by atoms with Crippen LogP contribution in [0.1, 0.15) is 20.8 Å². The van der Waals surface area contributed by atoms with Crippen LogP contribution in [-0.2, 0) is 9.53 Å². The monoisotopic (exact) mass is 205 g/mol. The molecule has 0 saturated carbocycles. The van der Waals surface area contributed by atoms with Crippen LogP contribution in [0.5, 0.6) is 0 Å². The van der Waals surface area contributed by atoms with Gasteiger partial charge in [-0.15, -0.1) is 0 Å². The van der Waals surface area contributed by atoms with Crippen LogP contribution in [0, 0.1) is 0 Å². The van der Waals surface area contributed by atoms with Crippen molar-refractivity contribution in [2.45, 2.75) is 32.4 Å². The summed E-state index contributed by atoms with van der Waals surface area (Å²) in [4.78, 5) is 21.4. The number of carbonyl (C=O) groups is 2. The minimum Gasteiger partial charge on any atom is -0.444 e. The minimum absolute atomic E-state index is 0.267. The van der Waals surface area contributed by atoms with Gasteiger partial charge in [-0.3, -0.25) is 0 Å². The third-order valence-corrected chi connectivity index (χ3v) is 1.46. The first-order valence-electron chi connectivity index (χ1n) is 3.94. The highest BCUT2D eigenvalue weighted by atomic mass is 32.1. The largest absolute Gasteiger partial charge is 0.444 e. The first kappa shape index (κ1) is 12.3. The quantitative estimate of drug-likeness (QED) is 0.534. The minimum atomic E-state index is -0.598. The molecule has 0 bridgehead atoms. The molecule has 5 heteroatoms. The van der Waals surface area contributed by atoms with Gasteiger partial charge in [-0.1, -0.05) is 0 Å². The van der Waals surface area contributed by atoms with Gasteiger partial charge in [-0.25, -0.2) is 4.79 Å². The van der Waals surface area contributed by atoms with E-state index in [1.807, 2.05) is 0 Å². The number of carbonyl (C=O) groups excluding carboxylic acids is 2. The van der Waals surface area contributed by atoms with Crippen molar-refractivity contribution in [2.75, 3.05) is 5.75 Å². The lowest BCUT2D eigenvalue weighted by atomic mass is 10.2. The highest BCUT2D eigenvalue weighted by Crippen LogP contribution is 2.06. The standard InChI is InChI=1S/C8H15NO3S/c1-8(2,3)12-7(11)9-6(4-10)5-13/h4,6,13H,5H2,1-3H3,(H,9,11)/t6-/m1/s1. The van der Waals surface area contributed by atoms with Crippen molar-refractivity contribution in [1.29, 1.82) is 0 Å². The molecular weight excluding hydrogens is 190 g/mol. The lowest BCUT2D eigenvalue weighted by Gasteiger charge is -2.20. The van der Waals surface area contributed by atoms with E-state index in [9.17, 15) is 9.59 Å². The third kappa shape index (κ3) is 6.45. The zero-order valence-corrected chi connectivity index (χ0v) is 8.93. The van der Waals surface area contributed by atoms with E-state index in [2.05, 4.69) is 17.9 Å². The van der Waals surface area contributed by atoms with Gasteiger partial charge in [0.25, 0.3) is 0 Å². The summed E-state index contributed by atoms with van der Waals surface area (Å²) in [6, 6.07) is -0.585. The average molecular weight is 205 g/mol. The second kappa shape index (κ2) is 5.11. The molecule has 13 heavy (non-hydrogen) atoms. The molecule has 4 nitrogen and oxygen atoms in total. The molecule has 0 heterocycles. The van der Waals surface area contributed by atoms with Crippen LogP contribution in [0.2, 0.25) is 0 Å². The molecule has 0 aromatic heterocycles. The predicted molar refractivity (Wildman–Crippen MR) is 53.1 cm³/mol. The fourth-order valence-electron chi connectivity index (χ4n) is 0.582. The van der Waals surface area contributed by atoms with Gasteiger partial charge in [-0.2, -0.15) is 12.6 Å². The second-order valence-corrected chi connectivity index (χ2v) is 3.94. The molecular formula is C8H15NO3S. The Morgan fingerprint density at radius 1 is 1.62 bits per heavy atom. The highest BCUT2D eigenvalue weighted by Gasteiger charge is 2.18. The van der Waals surface area contributed by atoms with Crippen LogP contribution < -0.4 is 5.32 Å². The maximum absolute atomic E-state index is 11.1. The Bertz CT molecular complexity index is 188. The van der Waals surface area contributed by atoms with Crippen molar-refractivity contribution >= 4 is 25.0 Å². The number of aldehydes is 1. The summed E-state index contributed by atoms with van der Waals surface area (Å²) < 4.78 is 4.93. The fraction of sp³-hybridized carbons (Fsp3) is 0.750. The van der Waals surface area contributed by atoms with Crippen LogP contribution >= 0.6 is 12.6 Å². The maximum Gasteiger partial charge on any atom is 0.408 e. The number of hydrogen-bond donors (Lipinski definition) is 2. The summed E-state index contributed by atoms with van der Waals surface area (Å²) in [7, 11) is 0. The summed E-state index contributed by atoms with van der Waals surface area (Å²) in [6.45, 7) is 5.26. The summed E-state index contributed by atoms with van der Waals surface area (Å²) in [5.74, 6) is 0.267. The van der Waals surface area contributed by atoms with Gasteiger partial charge < -0.3 is 14.8 Å². The van der Waals surface area contributed by atoms with E-state index >= 15 is 0 Å². The molecule has 1 amide bonds. The first-order valence-corrected chi connectivity index (χ1v) is 4.58. The summed E-state index contributed by atoms with van der Waals surface area (Å²) >= 11 is 3.88. The van der Waals surface area contributed by atoms with Crippen molar-refractivity contribution in [3.8, 4) is 0 Å². The average Bonchev–Trinajstić information content (AvgIpc) is 1.96. The number of alkyl carbamates (subject to hydrolysis) is 1. The number of ether oxygens (including phenoxy) is 1. The molecule has 1 N–H and O–H groups in total. The molecule has 0 radical (unpaired) electrons. The topological polar surface area (TPSA) is 55.4 Å². The lowest BCUT2D eigenvalue weighted by Crippen LogP contribution is -2.40. The molecule has 0 aliphatic rings. The van der Waals surface area contributed by atoms with Crippen LogP contribution in [0.3, 0.4) is 0 Å². The second-order valence-electron chi connectivity index (χ2n) is 3.57. The lowest BCUT2D eigenvalue weighted by molar-refractivity contribution is -0.109. The maximum atomic E-state index is 11.1. The summed E-state index contributed by atoms with van der Waals surface area (Å²) in [5.41, 5.74) is -0.548. The smallest absolute Gasteiger partial charge is 0.408 e.